The first-order valence-electron chi connectivity index (χ1n) is 6.85. The van der Waals surface area contributed by atoms with Crippen molar-refractivity contribution in [1.29, 1.82) is 0 Å². The molecule has 0 aliphatic heterocycles. The predicted molar refractivity (Wildman–Crippen MR) is 76.7 cm³/mol. The molecule has 0 spiro atoms. The summed E-state index contributed by atoms with van der Waals surface area (Å²) in [5.41, 5.74) is 0.945. The van der Waals surface area contributed by atoms with Crippen LogP contribution in [-0.2, 0) is 6.42 Å². The van der Waals surface area contributed by atoms with Gasteiger partial charge in [0.1, 0.15) is 0 Å². The average molecular weight is 266 g/mol. The van der Waals surface area contributed by atoms with Gasteiger partial charge in [-0.15, -0.1) is 0 Å². The van der Waals surface area contributed by atoms with Crippen LogP contribution < -0.4 is 4.90 Å². The third kappa shape index (κ3) is 2.58. The van der Waals surface area contributed by atoms with E-state index in [2.05, 4.69) is 30.8 Å². The molecule has 1 heterocycles. The number of anilines is 1. The lowest BCUT2D eigenvalue weighted by molar-refractivity contribution is 0.112. The molecule has 0 radical (unpaired) electrons. The van der Waals surface area contributed by atoms with Gasteiger partial charge in [0, 0.05) is 13.1 Å². The third-order valence-electron chi connectivity index (χ3n) is 4.02. The molecule has 1 aromatic rings. The lowest BCUT2D eigenvalue weighted by Crippen LogP contribution is -2.38. The first-order chi connectivity index (χ1) is 8.67. The highest BCUT2D eigenvalue weighted by Crippen LogP contribution is 2.33. The Kier molecular flexibility index (Phi) is 4.38. The number of thiazole rings is 1. The van der Waals surface area contributed by atoms with E-state index >= 15 is 0 Å². The molecular weight excluding hydrogens is 244 g/mol. The van der Waals surface area contributed by atoms with E-state index in [4.69, 9.17) is 0 Å². The maximum absolute atomic E-state index is 11.0. The molecule has 0 saturated heterocycles. The van der Waals surface area contributed by atoms with E-state index in [-0.39, 0.29) is 0 Å². The molecule has 4 heteroatoms. The molecule has 18 heavy (non-hydrogen) atoms. The number of aryl methyl sites for hydroxylation is 1. The molecule has 3 nitrogen and oxygen atoms in total. The molecule has 1 aliphatic rings. The van der Waals surface area contributed by atoms with Crippen LogP contribution in [0, 0.1) is 5.92 Å². The molecule has 1 aliphatic carbocycles. The SMILES string of the molecule is CCc1nc(N(C)C2CCCCC2C)sc1C=O. The van der Waals surface area contributed by atoms with Crippen LogP contribution in [0.3, 0.4) is 0 Å². The summed E-state index contributed by atoms with van der Waals surface area (Å²) in [5.74, 6) is 0.720. The van der Waals surface area contributed by atoms with Gasteiger partial charge >= 0.3 is 0 Å². The van der Waals surface area contributed by atoms with Crippen LogP contribution in [0.25, 0.3) is 0 Å². The molecule has 0 N–H and O–H groups in total. The second kappa shape index (κ2) is 5.83. The molecule has 1 saturated carbocycles. The van der Waals surface area contributed by atoms with Crippen molar-refractivity contribution in [2.45, 2.75) is 52.0 Å². The van der Waals surface area contributed by atoms with Crippen LogP contribution in [0.15, 0.2) is 0 Å². The van der Waals surface area contributed by atoms with E-state index in [1.807, 2.05) is 0 Å². The fourth-order valence-electron chi connectivity index (χ4n) is 2.86. The highest BCUT2D eigenvalue weighted by molar-refractivity contribution is 7.17. The third-order valence-corrected chi connectivity index (χ3v) is 5.14. The monoisotopic (exact) mass is 266 g/mol. The topological polar surface area (TPSA) is 33.2 Å². The van der Waals surface area contributed by atoms with Crippen molar-refractivity contribution >= 4 is 22.8 Å². The van der Waals surface area contributed by atoms with Gasteiger partial charge in [0.25, 0.3) is 0 Å². The molecule has 2 atom stereocenters. The molecular formula is C14H22N2OS. The molecule has 2 unspecified atom stereocenters. The van der Waals surface area contributed by atoms with Crippen LogP contribution in [0.2, 0.25) is 0 Å². The Morgan fingerprint density at radius 2 is 2.17 bits per heavy atom. The van der Waals surface area contributed by atoms with Gasteiger partial charge in [-0.25, -0.2) is 4.98 Å². The first kappa shape index (κ1) is 13.5. The maximum Gasteiger partial charge on any atom is 0.186 e. The highest BCUT2D eigenvalue weighted by atomic mass is 32.1. The zero-order valence-corrected chi connectivity index (χ0v) is 12.3. The molecule has 1 fully saturated rings. The van der Waals surface area contributed by atoms with Gasteiger partial charge in [0.15, 0.2) is 11.4 Å². The Labute approximate surface area is 113 Å². The van der Waals surface area contributed by atoms with Crippen molar-refractivity contribution < 1.29 is 4.79 Å². The van der Waals surface area contributed by atoms with Gasteiger partial charge in [0.2, 0.25) is 0 Å². The first-order valence-corrected chi connectivity index (χ1v) is 7.66. The van der Waals surface area contributed by atoms with Crippen molar-refractivity contribution in [3.63, 3.8) is 0 Å². The molecule has 100 valence electrons. The Bertz CT molecular complexity index is 416. The van der Waals surface area contributed by atoms with Gasteiger partial charge in [0.05, 0.1) is 10.6 Å². The predicted octanol–water partition coefficient (Wildman–Crippen LogP) is 3.53. The zero-order valence-electron chi connectivity index (χ0n) is 11.5. The molecule has 0 bridgehead atoms. The second-order valence-corrected chi connectivity index (χ2v) is 6.23. The van der Waals surface area contributed by atoms with Crippen molar-refractivity contribution in [2.24, 2.45) is 5.92 Å². The lowest BCUT2D eigenvalue weighted by Gasteiger charge is -2.36. The smallest absolute Gasteiger partial charge is 0.186 e. The van der Waals surface area contributed by atoms with Gasteiger partial charge in [-0.3, -0.25) is 4.79 Å². The molecule has 1 aromatic heterocycles. The number of hydrogen-bond donors (Lipinski definition) is 0. The molecule has 0 aromatic carbocycles. The Morgan fingerprint density at radius 3 is 2.72 bits per heavy atom. The summed E-state index contributed by atoms with van der Waals surface area (Å²) in [6.45, 7) is 4.38. The Balaban J connectivity index is 2.19. The summed E-state index contributed by atoms with van der Waals surface area (Å²) in [5, 5.41) is 1.01. The average Bonchev–Trinajstić information content (AvgIpc) is 2.81. The lowest BCUT2D eigenvalue weighted by atomic mass is 9.85. The fourth-order valence-corrected chi connectivity index (χ4v) is 3.85. The van der Waals surface area contributed by atoms with Gasteiger partial charge in [-0.2, -0.15) is 0 Å². The van der Waals surface area contributed by atoms with Gasteiger partial charge in [-0.05, 0) is 25.2 Å². The van der Waals surface area contributed by atoms with E-state index in [1.54, 1.807) is 0 Å². The van der Waals surface area contributed by atoms with Crippen molar-refractivity contribution in [2.75, 3.05) is 11.9 Å². The summed E-state index contributed by atoms with van der Waals surface area (Å²) < 4.78 is 0. The summed E-state index contributed by atoms with van der Waals surface area (Å²) in [4.78, 5) is 18.7. The van der Waals surface area contributed by atoms with E-state index in [0.717, 1.165) is 34.3 Å². The summed E-state index contributed by atoms with van der Waals surface area (Å²) in [6.07, 6.45) is 6.99. The number of aromatic nitrogens is 1. The number of carbonyl (C=O) groups is 1. The van der Waals surface area contributed by atoms with Crippen LogP contribution in [0.5, 0.6) is 0 Å². The van der Waals surface area contributed by atoms with Gasteiger partial charge in [-0.1, -0.05) is 38.0 Å². The maximum atomic E-state index is 11.0. The minimum atomic E-state index is 0.578. The van der Waals surface area contributed by atoms with Crippen LogP contribution >= 0.6 is 11.3 Å². The van der Waals surface area contributed by atoms with Crippen LogP contribution in [0.1, 0.15) is 54.9 Å². The number of aldehydes is 1. The largest absolute Gasteiger partial charge is 0.348 e. The normalized spacial score (nSPS) is 23.9. The highest BCUT2D eigenvalue weighted by Gasteiger charge is 2.27. The molecule has 2 rings (SSSR count). The summed E-state index contributed by atoms with van der Waals surface area (Å²) in [7, 11) is 2.12. The van der Waals surface area contributed by atoms with Crippen molar-refractivity contribution in [3.8, 4) is 0 Å². The fraction of sp³-hybridized carbons (Fsp3) is 0.714. The van der Waals surface area contributed by atoms with E-state index in [1.165, 1.54) is 37.0 Å². The summed E-state index contributed by atoms with van der Waals surface area (Å²) in [6, 6.07) is 0.578. The van der Waals surface area contributed by atoms with E-state index in [0.29, 0.717) is 6.04 Å². The van der Waals surface area contributed by atoms with Crippen molar-refractivity contribution in [1.82, 2.24) is 4.98 Å². The zero-order chi connectivity index (χ0) is 13.1. The van der Waals surface area contributed by atoms with Crippen molar-refractivity contribution in [3.05, 3.63) is 10.6 Å². The Hall–Kier alpha value is -0.900. The van der Waals surface area contributed by atoms with E-state index < -0.39 is 0 Å². The Morgan fingerprint density at radius 1 is 1.44 bits per heavy atom. The summed E-state index contributed by atoms with van der Waals surface area (Å²) >= 11 is 1.53. The number of carbonyl (C=O) groups excluding carboxylic acids is 1. The molecule has 0 amide bonds. The minimum absolute atomic E-state index is 0.578. The van der Waals surface area contributed by atoms with Crippen LogP contribution in [0.4, 0.5) is 5.13 Å². The number of rotatable bonds is 4. The quantitative estimate of drug-likeness (QED) is 0.782. The minimum Gasteiger partial charge on any atom is -0.348 e. The number of nitrogens with zero attached hydrogens (tertiary/aromatic N) is 2. The van der Waals surface area contributed by atoms with E-state index in [9.17, 15) is 4.79 Å². The second-order valence-electron chi connectivity index (χ2n) is 5.22. The number of hydrogen-bond acceptors (Lipinski definition) is 4. The van der Waals surface area contributed by atoms with Gasteiger partial charge < -0.3 is 4.90 Å². The standard InChI is InChI=1S/C14H22N2OS/c1-4-11-13(9-17)18-14(15-11)16(3)12-8-6-5-7-10(12)2/h9-10,12H,4-8H2,1-3H3. The van der Waals surface area contributed by atoms with Crippen LogP contribution in [-0.4, -0.2) is 24.4 Å².